The molecule has 0 aliphatic carbocycles. The minimum absolute atomic E-state index is 0.0303. The van der Waals surface area contributed by atoms with Crippen LogP contribution >= 0.6 is 0 Å². The Kier molecular flexibility index (Phi) is 3.13. The van der Waals surface area contributed by atoms with Crippen molar-refractivity contribution in [2.75, 3.05) is 5.32 Å². The van der Waals surface area contributed by atoms with Crippen LogP contribution in [0, 0.1) is 18.6 Å². The highest BCUT2D eigenvalue weighted by molar-refractivity contribution is 6.04. The molecule has 3 aromatic rings. The second kappa shape index (κ2) is 4.97. The number of fused-ring (bicyclic) bond motifs is 1. The summed E-state index contributed by atoms with van der Waals surface area (Å²) >= 11 is 0. The Morgan fingerprint density at radius 1 is 1.14 bits per heavy atom. The first-order valence-electron chi connectivity index (χ1n) is 6.16. The van der Waals surface area contributed by atoms with Gasteiger partial charge in [0.05, 0.1) is 0 Å². The highest BCUT2D eigenvalue weighted by atomic mass is 19.2. The van der Waals surface area contributed by atoms with Gasteiger partial charge < -0.3 is 9.73 Å². The summed E-state index contributed by atoms with van der Waals surface area (Å²) in [5, 5.41) is 2.59. The lowest BCUT2D eigenvalue weighted by molar-refractivity contribution is 0.102. The number of nitrogens with zero attached hydrogens (tertiary/aromatic N) is 1. The third-order valence-electron chi connectivity index (χ3n) is 2.94. The standard InChI is InChI=1S/C15H10F2N2O2/c1-8-18-13-5-3-10(7-14(13)21-8)19-15(20)9-2-4-11(16)12(17)6-9/h2-7H,1H3,(H,19,20). The highest BCUT2D eigenvalue weighted by Crippen LogP contribution is 2.20. The number of carbonyl (C=O) groups excluding carboxylic acids is 1. The highest BCUT2D eigenvalue weighted by Gasteiger charge is 2.11. The molecule has 1 amide bonds. The molecule has 6 heteroatoms. The van der Waals surface area contributed by atoms with Crippen molar-refractivity contribution in [3.05, 3.63) is 59.5 Å². The fourth-order valence-electron chi connectivity index (χ4n) is 1.96. The first-order valence-corrected chi connectivity index (χ1v) is 6.16. The van der Waals surface area contributed by atoms with E-state index in [1.807, 2.05) is 0 Å². The first kappa shape index (κ1) is 13.2. The van der Waals surface area contributed by atoms with Crippen molar-refractivity contribution < 1.29 is 18.0 Å². The number of anilines is 1. The molecule has 1 heterocycles. The third kappa shape index (κ3) is 2.60. The fourth-order valence-corrected chi connectivity index (χ4v) is 1.96. The Bertz CT molecular complexity index is 843. The van der Waals surface area contributed by atoms with Gasteiger partial charge in [0.15, 0.2) is 23.1 Å². The van der Waals surface area contributed by atoms with Crippen LogP contribution in [0.2, 0.25) is 0 Å². The van der Waals surface area contributed by atoms with E-state index in [0.29, 0.717) is 22.7 Å². The van der Waals surface area contributed by atoms with Crippen LogP contribution in [0.25, 0.3) is 11.1 Å². The number of amides is 1. The fraction of sp³-hybridized carbons (Fsp3) is 0.0667. The van der Waals surface area contributed by atoms with Gasteiger partial charge in [-0.15, -0.1) is 0 Å². The predicted octanol–water partition coefficient (Wildman–Crippen LogP) is 3.67. The summed E-state index contributed by atoms with van der Waals surface area (Å²) in [7, 11) is 0. The maximum absolute atomic E-state index is 13.1. The number of benzene rings is 2. The summed E-state index contributed by atoms with van der Waals surface area (Å²) in [6, 6.07) is 7.95. The molecular weight excluding hydrogens is 278 g/mol. The van der Waals surface area contributed by atoms with E-state index in [9.17, 15) is 13.6 Å². The van der Waals surface area contributed by atoms with Crippen LogP contribution in [-0.2, 0) is 0 Å². The summed E-state index contributed by atoms with van der Waals surface area (Å²) in [5.74, 6) is -2.08. The molecule has 1 aromatic heterocycles. The van der Waals surface area contributed by atoms with Gasteiger partial charge in [0, 0.05) is 24.2 Å². The average molecular weight is 288 g/mol. The summed E-state index contributed by atoms with van der Waals surface area (Å²) in [5.41, 5.74) is 1.73. The minimum Gasteiger partial charge on any atom is -0.441 e. The molecule has 2 aromatic carbocycles. The Labute approximate surface area is 118 Å². The molecule has 21 heavy (non-hydrogen) atoms. The molecule has 0 saturated heterocycles. The van der Waals surface area contributed by atoms with Crippen molar-refractivity contribution in [2.24, 2.45) is 0 Å². The van der Waals surface area contributed by atoms with Gasteiger partial charge in [-0.05, 0) is 30.3 Å². The van der Waals surface area contributed by atoms with Gasteiger partial charge in [-0.1, -0.05) is 0 Å². The van der Waals surface area contributed by atoms with Crippen molar-refractivity contribution in [1.29, 1.82) is 0 Å². The number of rotatable bonds is 2. The number of hydrogen-bond donors (Lipinski definition) is 1. The predicted molar refractivity (Wildman–Crippen MR) is 73.1 cm³/mol. The van der Waals surface area contributed by atoms with E-state index >= 15 is 0 Å². The summed E-state index contributed by atoms with van der Waals surface area (Å²) in [4.78, 5) is 16.1. The minimum atomic E-state index is -1.07. The SMILES string of the molecule is Cc1nc2ccc(NC(=O)c3ccc(F)c(F)c3)cc2o1. The van der Waals surface area contributed by atoms with E-state index in [1.54, 1.807) is 25.1 Å². The Hall–Kier alpha value is -2.76. The molecule has 4 nitrogen and oxygen atoms in total. The van der Waals surface area contributed by atoms with E-state index in [2.05, 4.69) is 10.3 Å². The number of carbonyl (C=O) groups is 1. The van der Waals surface area contributed by atoms with E-state index in [-0.39, 0.29) is 5.56 Å². The van der Waals surface area contributed by atoms with Crippen molar-refractivity contribution in [2.45, 2.75) is 6.92 Å². The number of nitrogens with one attached hydrogen (secondary N) is 1. The smallest absolute Gasteiger partial charge is 0.255 e. The van der Waals surface area contributed by atoms with Crippen molar-refractivity contribution in [1.82, 2.24) is 4.98 Å². The molecule has 0 atom stereocenters. The number of aromatic nitrogens is 1. The number of aryl methyl sites for hydroxylation is 1. The summed E-state index contributed by atoms with van der Waals surface area (Å²) in [6.45, 7) is 1.72. The number of halogens is 2. The van der Waals surface area contributed by atoms with Gasteiger partial charge in [0.25, 0.3) is 5.91 Å². The normalized spacial score (nSPS) is 10.8. The van der Waals surface area contributed by atoms with Crippen molar-refractivity contribution in [3.63, 3.8) is 0 Å². The van der Waals surface area contributed by atoms with Gasteiger partial charge in [-0.3, -0.25) is 4.79 Å². The molecule has 0 spiro atoms. The zero-order valence-corrected chi connectivity index (χ0v) is 11.0. The zero-order valence-electron chi connectivity index (χ0n) is 11.0. The lowest BCUT2D eigenvalue weighted by Crippen LogP contribution is -2.12. The molecule has 1 N–H and O–H groups in total. The van der Waals surface area contributed by atoms with Crippen molar-refractivity contribution >= 4 is 22.7 Å². The maximum atomic E-state index is 13.1. The molecular formula is C15H10F2N2O2. The van der Waals surface area contributed by atoms with Crippen LogP contribution in [0.3, 0.4) is 0 Å². The Balaban J connectivity index is 1.86. The van der Waals surface area contributed by atoms with E-state index in [4.69, 9.17) is 4.42 Å². The second-order valence-electron chi connectivity index (χ2n) is 4.50. The first-order chi connectivity index (χ1) is 10.0. The molecule has 0 radical (unpaired) electrons. The van der Waals surface area contributed by atoms with Crippen LogP contribution in [0.1, 0.15) is 16.2 Å². The van der Waals surface area contributed by atoms with E-state index in [1.165, 1.54) is 6.07 Å². The van der Waals surface area contributed by atoms with Crippen LogP contribution in [0.15, 0.2) is 40.8 Å². The molecule has 3 rings (SSSR count). The average Bonchev–Trinajstić information content (AvgIpc) is 2.81. The molecule has 0 aliphatic heterocycles. The lowest BCUT2D eigenvalue weighted by atomic mass is 10.2. The molecule has 0 unspecified atom stereocenters. The van der Waals surface area contributed by atoms with Crippen LogP contribution in [-0.4, -0.2) is 10.9 Å². The lowest BCUT2D eigenvalue weighted by Gasteiger charge is -2.05. The molecule has 0 aliphatic rings. The topological polar surface area (TPSA) is 55.1 Å². The van der Waals surface area contributed by atoms with Crippen LogP contribution < -0.4 is 5.32 Å². The molecule has 0 saturated carbocycles. The number of oxazole rings is 1. The van der Waals surface area contributed by atoms with Gasteiger partial charge in [-0.25, -0.2) is 13.8 Å². The van der Waals surface area contributed by atoms with Gasteiger partial charge in [0.2, 0.25) is 0 Å². The largest absolute Gasteiger partial charge is 0.441 e. The Morgan fingerprint density at radius 2 is 1.95 bits per heavy atom. The van der Waals surface area contributed by atoms with Crippen LogP contribution in [0.4, 0.5) is 14.5 Å². The molecule has 0 fully saturated rings. The van der Waals surface area contributed by atoms with Gasteiger partial charge in [0.1, 0.15) is 5.52 Å². The third-order valence-corrected chi connectivity index (χ3v) is 2.94. The Morgan fingerprint density at radius 3 is 2.71 bits per heavy atom. The van der Waals surface area contributed by atoms with Gasteiger partial charge in [-0.2, -0.15) is 0 Å². The zero-order chi connectivity index (χ0) is 15.0. The van der Waals surface area contributed by atoms with Crippen molar-refractivity contribution in [3.8, 4) is 0 Å². The quantitative estimate of drug-likeness (QED) is 0.782. The van der Waals surface area contributed by atoms with E-state index in [0.717, 1.165) is 12.1 Å². The van der Waals surface area contributed by atoms with Crippen LogP contribution in [0.5, 0.6) is 0 Å². The monoisotopic (exact) mass is 288 g/mol. The maximum Gasteiger partial charge on any atom is 0.255 e. The van der Waals surface area contributed by atoms with Gasteiger partial charge >= 0.3 is 0 Å². The number of hydrogen-bond acceptors (Lipinski definition) is 3. The second-order valence-corrected chi connectivity index (χ2v) is 4.50. The molecule has 106 valence electrons. The summed E-state index contributed by atoms with van der Waals surface area (Å²) in [6.07, 6.45) is 0. The summed E-state index contributed by atoms with van der Waals surface area (Å²) < 4.78 is 31.3. The van der Waals surface area contributed by atoms with E-state index < -0.39 is 17.5 Å². The molecule has 0 bridgehead atoms.